The third-order valence-electron chi connectivity index (χ3n) is 3.51. The van der Waals surface area contributed by atoms with Crippen molar-refractivity contribution in [3.8, 4) is 0 Å². The van der Waals surface area contributed by atoms with Crippen molar-refractivity contribution in [1.82, 2.24) is 19.5 Å². The first kappa shape index (κ1) is 22.8. The molecular weight excluding hydrogens is 419 g/mol. The summed E-state index contributed by atoms with van der Waals surface area (Å²) in [5.41, 5.74) is 6.41. The Kier molecular flexibility index (Phi) is 7.18. The third-order valence-corrected chi connectivity index (χ3v) is 5.66. The molecule has 17 heteroatoms. The summed E-state index contributed by atoms with van der Waals surface area (Å²) in [6, 6.07) is 0. The summed E-state index contributed by atoms with van der Waals surface area (Å²) in [5, 5.41) is 10.1. The van der Waals surface area contributed by atoms with Crippen LogP contribution < -0.4 is 5.73 Å². The fraction of sp³-hybridized carbons (Fsp3) is 0.500. The van der Waals surface area contributed by atoms with Crippen molar-refractivity contribution in [2.24, 2.45) is 0 Å². The van der Waals surface area contributed by atoms with Crippen LogP contribution in [0.15, 0.2) is 12.7 Å². The minimum Gasteiger partial charge on any atom is -0.390 e. The summed E-state index contributed by atoms with van der Waals surface area (Å²) in [5.74, 6) is 0.169. The molecule has 14 nitrogen and oxygen atoms in total. The average Bonchev–Trinajstić information content (AvgIpc) is 3.07. The number of nitrogens with two attached hydrogens (primary N) is 1. The van der Waals surface area contributed by atoms with Crippen molar-refractivity contribution in [3.63, 3.8) is 0 Å². The van der Waals surface area contributed by atoms with Gasteiger partial charge in [-0.05, 0) is 0 Å². The van der Waals surface area contributed by atoms with Gasteiger partial charge in [0.05, 0.1) is 19.0 Å². The summed E-state index contributed by atoms with van der Waals surface area (Å²) < 4.78 is 37.3. The second-order valence-corrected chi connectivity index (χ2v) is 8.18. The first-order valence-corrected chi connectivity index (χ1v) is 10.1. The van der Waals surface area contributed by atoms with E-state index >= 15 is 0 Å². The van der Waals surface area contributed by atoms with Crippen LogP contribution in [0.25, 0.3) is 11.2 Å². The predicted molar refractivity (Wildman–Crippen MR) is 88.9 cm³/mol. The van der Waals surface area contributed by atoms with E-state index in [0.717, 1.165) is 0 Å². The van der Waals surface area contributed by atoms with Gasteiger partial charge in [0.2, 0.25) is 0 Å². The molecule has 1 saturated heterocycles. The Morgan fingerprint density at radius 2 is 2.00 bits per heavy atom. The topological polar surface area (TPSA) is 212 Å². The SMILES string of the molecule is Nc1ncnc2c1ncn2C1CC(O)C(COP(=O)(O)OP(=O)(O)O)O1.[Na]. The zero-order valence-electron chi connectivity index (χ0n) is 13.9. The summed E-state index contributed by atoms with van der Waals surface area (Å²) in [7, 11) is -10.3. The van der Waals surface area contributed by atoms with Crippen LogP contribution in [0.2, 0.25) is 0 Å². The van der Waals surface area contributed by atoms with E-state index < -0.39 is 40.7 Å². The Labute approximate surface area is 173 Å². The molecule has 145 valence electrons. The number of anilines is 1. The standard InChI is InChI=1S/C10H15N5O9P2.Na/c11-9-8-10(13-3-12-9)15(4-14-8)7-1-5(16)6(23-7)2-22-26(20,21)24-25(17,18)19;/h3-7,16H,1-2H2,(H,20,21)(H2,11,12,13)(H2,17,18,19);. The first-order chi connectivity index (χ1) is 12.1. The maximum atomic E-state index is 11.5. The molecule has 3 rings (SSSR count). The number of rotatable bonds is 6. The summed E-state index contributed by atoms with van der Waals surface area (Å²) >= 11 is 0. The van der Waals surface area contributed by atoms with E-state index in [1.807, 2.05) is 0 Å². The van der Waals surface area contributed by atoms with Crippen molar-refractivity contribution in [3.05, 3.63) is 12.7 Å². The van der Waals surface area contributed by atoms with Gasteiger partial charge in [-0.15, -0.1) is 0 Å². The fourth-order valence-corrected chi connectivity index (χ4v) is 4.04. The van der Waals surface area contributed by atoms with E-state index in [9.17, 15) is 19.1 Å². The number of aliphatic hydroxyl groups is 1. The average molecular weight is 434 g/mol. The van der Waals surface area contributed by atoms with Gasteiger partial charge in [0, 0.05) is 36.0 Å². The number of fused-ring (bicyclic) bond motifs is 1. The van der Waals surface area contributed by atoms with Crippen LogP contribution in [0.3, 0.4) is 0 Å². The van der Waals surface area contributed by atoms with Gasteiger partial charge in [-0.1, -0.05) is 0 Å². The Hall–Kier alpha value is -0.470. The van der Waals surface area contributed by atoms with Gasteiger partial charge in [0.15, 0.2) is 11.5 Å². The van der Waals surface area contributed by atoms with E-state index in [4.69, 9.17) is 20.3 Å². The number of hydrogen-bond acceptors (Lipinski definition) is 10. The number of imidazole rings is 1. The van der Waals surface area contributed by atoms with E-state index in [1.54, 1.807) is 0 Å². The van der Waals surface area contributed by atoms with Gasteiger partial charge in [0.1, 0.15) is 24.2 Å². The third kappa shape index (κ3) is 5.54. The molecule has 2 aromatic heterocycles. The molecule has 0 aromatic carbocycles. The molecule has 1 fully saturated rings. The van der Waals surface area contributed by atoms with Crippen molar-refractivity contribution in [2.45, 2.75) is 24.9 Å². The molecule has 1 aliphatic rings. The van der Waals surface area contributed by atoms with Crippen molar-refractivity contribution >= 4 is 62.2 Å². The Bertz CT molecular complexity index is 906. The van der Waals surface area contributed by atoms with Gasteiger partial charge >= 0.3 is 15.6 Å². The second kappa shape index (κ2) is 8.49. The monoisotopic (exact) mass is 434 g/mol. The molecule has 0 bridgehead atoms. The van der Waals surface area contributed by atoms with Crippen molar-refractivity contribution < 1.29 is 42.5 Å². The van der Waals surface area contributed by atoms with Crippen LogP contribution in [0.4, 0.5) is 5.82 Å². The molecule has 1 aliphatic heterocycles. The normalized spacial score (nSPS) is 25.3. The van der Waals surface area contributed by atoms with Crippen molar-refractivity contribution in [1.29, 1.82) is 0 Å². The fourth-order valence-electron chi connectivity index (χ4n) is 2.44. The van der Waals surface area contributed by atoms with Gasteiger partial charge < -0.3 is 30.3 Å². The van der Waals surface area contributed by atoms with E-state index in [0.29, 0.717) is 11.2 Å². The van der Waals surface area contributed by atoms with E-state index in [2.05, 4.69) is 23.8 Å². The first-order valence-electron chi connectivity index (χ1n) is 7.06. The van der Waals surface area contributed by atoms with Crippen LogP contribution in [-0.2, 0) is 22.7 Å². The Balaban J connectivity index is 0.00000261. The molecule has 2 aromatic rings. The van der Waals surface area contributed by atoms with Gasteiger partial charge in [0.25, 0.3) is 0 Å². The van der Waals surface area contributed by atoms with Gasteiger partial charge in [-0.25, -0.2) is 24.1 Å². The number of aliphatic hydroxyl groups excluding tert-OH is 1. The molecule has 0 amide bonds. The van der Waals surface area contributed by atoms with Crippen molar-refractivity contribution in [2.75, 3.05) is 12.3 Å². The molecule has 3 heterocycles. The summed E-state index contributed by atoms with van der Waals surface area (Å²) in [4.78, 5) is 38.3. The molecule has 0 aliphatic carbocycles. The molecule has 4 unspecified atom stereocenters. The molecular formula is C10H15N5NaO9P2. The minimum absolute atomic E-state index is 0. The predicted octanol–water partition coefficient (Wildman–Crippen LogP) is -1.10. The number of nitrogen functional groups attached to an aromatic ring is 1. The second-order valence-electron chi connectivity index (χ2n) is 5.35. The number of aromatic nitrogens is 4. The molecule has 27 heavy (non-hydrogen) atoms. The number of phosphoric acid groups is 2. The van der Waals surface area contributed by atoms with Gasteiger partial charge in [-0.2, -0.15) is 4.31 Å². The van der Waals surface area contributed by atoms with E-state index in [-0.39, 0.29) is 41.8 Å². The molecule has 4 atom stereocenters. The Morgan fingerprint density at radius 3 is 2.67 bits per heavy atom. The van der Waals surface area contributed by atoms with Crippen LogP contribution in [-0.4, -0.2) is 87.7 Å². The molecule has 6 N–H and O–H groups in total. The minimum atomic E-state index is -5.23. The number of ether oxygens (including phenoxy) is 1. The number of hydrogen-bond donors (Lipinski definition) is 5. The number of phosphoric ester groups is 1. The van der Waals surface area contributed by atoms with Crippen LogP contribution in [0.1, 0.15) is 12.6 Å². The summed E-state index contributed by atoms with van der Waals surface area (Å²) in [6.07, 6.45) is -0.158. The zero-order valence-corrected chi connectivity index (χ0v) is 17.7. The smallest absolute Gasteiger partial charge is 0.390 e. The maximum absolute atomic E-state index is 11.5. The molecule has 0 saturated carbocycles. The zero-order chi connectivity index (χ0) is 19.1. The van der Waals surface area contributed by atoms with Gasteiger partial charge in [-0.3, -0.25) is 9.09 Å². The quantitative estimate of drug-likeness (QED) is 0.270. The maximum Gasteiger partial charge on any atom is 0.481 e. The van der Waals surface area contributed by atoms with Crippen LogP contribution in [0.5, 0.6) is 0 Å². The van der Waals surface area contributed by atoms with E-state index in [1.165, 1.54) is 17.2 Å². The van der Waals surface area contributed by atoms with Crippen LogP contribution >= 0.6 is 15.6 Å². The largest absolute Gasteiger partial charge is 0.481 e. The molecule has 1 radical (unpaired) electrons. The Morgan fingerprint density at radius 1 is 1.30 bits per heavy atom. The molecule has 0 spiro atoms. The summed E-state index contributed by atoms with van der Waals surface area (Å²) in [6.45, 7) is -0.644. The van der Waals surface area contributed by atoms with Crippen LogP contribution in [0, 0.1) is 0 Å². The number of nitrogens with zero attached hydrogens (tertiary/aromatic N) is 4.